The highest BCUT2D eigenvalue weighted by Gasteiger charge is 2.12. The lowest BCUT2D eigenvalue weighted by atomic mass is 10.1. The average Bonchev–Trinajstić information content (AvgIpc) is 2.78. The van der Waals surface area contributed by atoms with E-state index in [4.69, 9.17) is 5.26 Å². The van der Waals surface area contributed by atoms with E-state index in [9.17, 15) is 0 Å². The van der Waals surface area contributed by atoms with Gasteiger partial charge in [-0.3, -0.25) is 4.40 Å². The summed E-state index contributed by atoms with van der Waals surface area (Å²) in [4.78, 5) is 4.52. The molecule has 0 aliphatic carbocycles. The van der Waals surface area contributed by atoms with Crippen molar-refractivity contribution in [2.45, 2.75) is 6.42 Å². The summed E-state index contributed by atoms with van der Waals surface area (Å²) in [5.41, 5.74) is 3.80. The molecule has 0 bridgehead atoms. The van der Waals surface area contributed by atoms with Crippen LogP contribution in [0.25, 0.3) is 16.9 Å². The first kappa shape index (κ1) is 10.5. The summed E-state index contributed by atoms with van der Waals surface area (Å²) in [7, 11) is 0. The van der Waals surface area contributed by atoms with E-state index in [1.165, 1.54) is 0 Å². The third kappa shape index (κ3) is 1.64. The summed E-state index contributed by atoms with van der Waals surface area (Å²) < 4.78 is 2.03. The summed E-state index contributed by atoms with van der Waals surface area (Å²) in [6.45, 7) is 0. The van der Waals surface area contributed by atoms with Crippen LogP contribution in [0.3, 0.4) is 0 Å². The second-order valence-corrected chi connectivity index (χ2v) is 4.04. The van der Waals surface area contributed by atoms with E-state index >= 15 is 0 Å². The van der Waals surface area contributed by atoms with Crippen molar-refractivity contribution in [1.29, 1.82) is 5.26 Å². The zero-order chi connectivity index (χ0) is 12.4. The van der Waals surface area contributed by atoms with Crippen LogP contribution in [0.2, 0.25) is 0 Å². The van der Waals surface area contributed by atoms with Gasteiger partial charge in [0.1, 0.15) is 5.65 Å². The first-order chi connectivity index (χ1) is 8.90. The number of nitriles is 1. The number of benzene rings is 1. The SMILES string of the molecule is N#CCc1nc2ccccn2c1-c1ccccc1. The molecule has 0 unspecified atom stereocenters. The topological polar surface area (TPSA) is 41.1 Å². The number of hydrogen-bond acceptors (Lipinski definition) is 2. The molecule has 3 rings (SSSR count). The van der Waals surface area contributed by atoms with Gasteiger partial charge in [-0.25, -0.2) is 4.98 Å². The van der Waals surface area contributed by atoms with E-state index in [0.717, 1.165) is 22.6 Å². The van der Waals surface area contributed by atoms with Gasteiger partial charge in [0.2, 0.25) is 0 Å². The highest BCUT2D eigenvalue weighted by molar-refractivity contribution is 5.67. The lowest BCUT2D eigenvalue weighted by molar-refractivity contribution is 1.16. The molecule has 2 heterocycles. The van der Waals surface area contributed by atoms with Crippen molar-refractivity contribution in [3.63, 3.8) is 0 Å². The van der Waals surface area contributed by atoms with E-state index in [-0.39, 0.29) is 0 Å². The Bertz CT molecular complexity index is 720. The molecule has 0 fully saturated rings. The molecule has 3 heteroatoms. The number of hydrogen-bond donors (Lipinski definition) is 0. The molecular weight excluding hydrogens is 222 g/mol. The summed E-state index contributed by atoms with van der Waals surface area (Å²) in [5.74, 6) is 0. The predicted octanol–water partition coefficient (Wildman–Crippen LogP) is 3.07. The molecule has 2 aromatic heterocycles. The Morgan fingerprint density at radius 2 is 1.83 bits per heavy atom. The predicted molar refractivity (Wildman–Crippen MR) is 69.9 cm³/mol. The van der Waals surface area contributed by atoms with E-state index in [1.54, 1.807) is 0 Å². The lowest BCUT2D eigenvalue weighted by Gasteiger charge is -2.03. The molecule has 1 aromatic carbocycles. The third-order valence-electron chi connectivity index (χ3n) is 2.90. The van der Waals surface area contributed by atoms with E-state index in [1.807, 2.05) is 59.1 Å². The normalized spacial score (nSPS) is 10.4. The van der Waals surface area contributed by atoms with Gasteiger partial charge < -0.3 is 0 Å². The maximum Gasteiger partial charge on any atom is 0.137 e. The Balaban J connectivity index is 2.32. The number of pyridine rings is 1. The first-order valence-corrected chi connectivity index (χ1v) is 5.78. The zero-order valence-electron chi connectivity index (χ0n) is 9.74. The number of imidazole rings is 1. The Morgan fingerprint density at radius 1 is 1.06 bits per heavy atom. The molecule has 0 aliphatic heterocycles. The smallest absolute Gasteiger partial charge is 0.137 e. The van der Waals surface area contributed by atoms with Gasteiger partial charge in [0.25, 0.3) is 0 Å². The van der Waals surface area contributed by atoms with Crippen LogP contribution in [0.1, 0.15) is 5.69 Å². The van der Waals surface area contributed by atoms with Gasteiger partial charge in [-0.1, -0.05) is 36.4 Å². The van der Waals surface area contributed by atoms with Crippen molar-refractivity contribution in [3.05, 3.63) is 60.4 Å². The summed E-state index contributed by atoms with van der Waals surface area (Å²) >= 11 is 0. The first-order valence-electron chi connectivity index (χ1n) is 5.78. The molecular formula is C15H11N3. The lowest BCUT2D eigenvalue weighted by Crippen LogP contribution is -1.90. The number of nitrogens with zero attached hydrogens (tertiary/aromatic N) is 3. The van der Waals surface area contributed by atoms with E-state index in [2.05, 4.69) is 11.1 Å². The monoisotopic (exact) mass is 233 g/mol. The minimum atomic E-state index is 0.325. The van der Waals surface area contributed by atoms with Crippen molar-refractivity contribution in [2.75, 3.05) is 0 Å². The number of rotatable bonds is 2. The maximum absolute atomic E-state index is 8.92. The fourth-order valence-corrected chi connectivity index (χ4v) is 2.14. The largest absolute Gasteiger partial charge is 0.299 e. The van der Waals surface area contributed by atoms with Gasteiger partial charge in [0, 0.05) is 11.8 Å². The minimum absolute atomic E-state index is 0.325. The fraction of sp³-hybridized carbons (Fsp3) is 0.0667. The molecule has 0 atom stereocenters. The number of aromatic nitrogens is 2. The van der Waals surface area contributed by atoms with Crippen LogP contribution < -0.4 is 0 Å². The number of fused-ring (bicyclic) bond motifs is 1. The van der Waals surface area contributed by atoms with E-state index in [0.29, 0.717) is 6.42 Å². The second kappa shape index (κ2) is 4.34. The van der Waals surface area contributed by atoms with Gasteiger partial charge in [-0.15, -0.1) is 0 Å². The van der Waals surface area contributed by atoms with Gasteiger partial charge in [0.05, 0.1) is 23.9 Å². The average molecular weight is 233 g/mol. The molecule has 0 aliphatic rings. The highest BCUT2D eigenvalue weighted by Crippen LogP contribution is 2.25. The Labute approximate surface area is 105 Å². The third-order valence-corrected chi connectivity index (χ3v) is 2.90. The van der Waals surface area contributed by atoms with Gasteiger partial charge in [0.15, 0.2) is 0 Å². The van der Waals surface area contributed by atoms with Crippen molar-refractivity contribution in [2.24, 2.45) is 0 Å². The zero-order valence-corrected chi connectivity index (χ0v) is 9.74. The van der Waals surface area contributed by atoms with Crippen molar-refractivity contribution in [1.82, 2.24) is 9.38 Å². The second-order valence-electron chi connectivity index (χ2n) is 4.04. The molecule has 0 N–H and O–H groups in total. The molecule has 0 radical (unpaired) electrons. The highest BCUT2D eigenvalue weighted by atomic mass is 15.0. The van der Waals surface area contributed by atoms with Gasteiger partial charge in [-0.2, -0.15) is 5.26 Å². The van der Waals surface area contributed by atoms with Crippen LogP contribution in [0.15, 0.2) is 54.7 Å². The van der Waals surface area contributed by atoms with Crippen LogP contribution in [-0.4, -0.2) is 9.38 Å². The molecule has 0 saturated carbocycles. The molecule has 0 amide bonds. The molecule has 3 aromatic rings. The minimum Gasteiger partial charge on any atom is -0.299 e. The quantitative estimate of drug-likeness (QED) is 0.682. The van der Waals surface area contributed by atoms with Crippen molar-refractivity contribution >= 4 is 5.65 Å². The van der Waals surface area contributed by atoms with Gasteiger partial charge >= 0.3 is 0 Å². The van der Waals surface area contributed by atoms with E-state index < -0.39 is 0 Å². The molecule has 0 spiro atoms. The van der Waals surface area contributed by atoms with Crippen molar-refractivity contribution < 1.29 is 0 Å². The summed E-state index contributed by atoms with van der Waals surface area (Å²) in [5, 5.41) is 8.92. The molecule has 18 heavy (non-hydrogen) atoms. The Hall–Kier alpha value is -2.60. The van der Waals surface area contributed by atoms with Crippen LogP contribution >= 0.6 is 0 Å². The van der Waals surface area contributed by atoms with Crippen LogP contribution in [0, 0.1) is 11.3 Å². The summed E-state index contributed by atoms with van der Waals surface area (Å²) in [6, 6.07) is 18.1. The Morgan fingerprint density at radius 3 is 2.61 bits per heavy atom. The molecule has 3 nitrogen and oxygen atoms in total. The molecule has 0 saturated heterocycles. The summed E-state index contributed by atoms with van der Waals surface area (Å²) in [6.07, 6.45) is 2.30. The standard InChI is InChI=1S/C15H11N3/c16-10-9-13-15(12-6-2-1-3-7-12)18-11-5-4-8-14(18)17-13/h1-8,11H,9H2. The Kier molecular flexibility index (Phi) is 2.54. The molecule has 86 valence electrons. The van der Waals surface area contributed by atoms with Crippen LogP contribution in [-0.2, 0) is 6.42 Å². The van der Waals surface area contributed by atoms with Crippen LogP contribution in [0.4, 0.5) is 0 Å². The maximum atomic E-state index is 8.92. The fourth-order valence-electron chi connectivity index (χ4n) is 2.14. The van der Waals surface area contributed by atoms with Crippen LogP contribution in [0.5, 0.6) is 0 Å². The van der Waals surface area contributed by atoms with Crippen molar-refractivity contribution in [3.8, 4) is 17.3 Å². The van der Waals surface area contributed by atoms with Gasteiger partial charge in [-0.05, 0) is 12.1 Å².